The second kappa shape index (κ2) is 4.31. The highest BCUT2D eigenvalue weighted by atomic mass is 16.4. The Morgan fingerprint density at radius 1 is 1.50 bits per heavy atom. The molecule has 60 valence electrons. The minimum Gasteiger partial charge on any atom is -0.481 e. The maximum Gasteiger partial charge on any atom is 0.306 e. The Labute approximate surface area is 62.2 Å². The Morgan fingerprint density at radius 2 is 2.00 bits per heavy atom. The normalized spacial score (nSPS) is 13.6. The minimum atomic E-state index is -0.656. The van der Waals surface area contributed by atoms with Crippen molar-refractivity contribution in [1.82, 2.24) is 0 Å². The quantitative estimate of drug-likeness (QED) is 0.656. The summed E-state index contributed by atoms with van der Waals surface area (Å²) in [5.41, 5.74) is 0. The summed E-state index contributed by atoms with van der Waals surface area (Å²) in [6, 6.07) is 0. The topological polar surface area (TPSA) is 37.3 Å². The van der Waals surface area contributed by atoms with E-state index in [1.807, 2.05) is 20.8 Å². The van der Waals surface area contributed by atoms with Gasteiger partial charge in [0.1, 0.15) is 0 Å². The molecule has 0 aliphatic rings. The molecule has 0 radical (unpaired) electrons. The van der Waals surface area contributed by atoms with Crippen LogP contribution < -0.4 is 0 Å². The number of hydrogen-bond donors (Lipinski definition) is 1. The van der Waals surface area contributed by atoms with E-state index in [0.29, 0.717) is 0 Å². The van der Waals surface area contributed by atoms with Crippen molar-refractivity contribution in [3.8, 4) is 0 Å². The van der Waals surface area contributed by atoms with E-state index in [1.54, 1.807) is 0 Å². The van der Waals surface area contributed by atoms with Crippen LogP contribution in [0.25, 0.3) is 0 Å². The van der Waals surface area contributed by atoms with Crippen LogP contribution in [0.4, 0.5) is 0 Å². The molecule has 0 rings (SSSR count). The zero-order chi connectivity index (χ0) is 8.15. The molecule has 10 heavy (non-hydrogen) atoms. The van der Waals surface area contributed by atoms with Gasteiger partial charge in [0.2, 0.25) is 0 Å². The monoisotopic (exact) mass is 144 g/mol. The van der Waals surface area contributed by atoms with E-state index in [2.05, 4.69) is 0 Å². The van der Waals surface area contributed by atoms with Gasteiger partial charge in [-0.3, -0.25) is 4.79 Å². The summed E-state index contributed by atoms with van der Waals surface area (Å²) in [7, 11) is 0. The van der Waals surface area contributed by atoms with Crippen LogP contribution in [-0.2, 0) is 4.79 Å². The van der Waals surface area contributed by atoms with Crippen molar-refractivity contribution >= 4 is 5.97 Å². The minimum absolute atomic E-state index is 0.148. The number of carbonyl (C=O) groups is 1. The highest BCUT2D eigenvalue weighted by Gasteiger charge is 2.19. The molecule has 0 aromatic carbocycles. The Balaban J connectivity index is 3.85. The van der Waals surface area contributed by atoms with Gasteiger partial charge in [-0.2, -0.15) is 0 Å². The summed E-state index contributed by atoms with van der Waals surface area (Å²) >= 11 is 0. The Kier molecular flexibility index (Phi) is 4.08. The highest BCUT2D eigenvalue weighted by molar-refractivity contribution is 5.70. The first-order chi connectivity index (χ1) is 4.59. The standard InChI is InChI=1S/C8H16O2/c1-4-5-7(6(2)3)8(9)10/h6-7H,4-5H2,1-3H3,(H,9,10)/t7-/m0/s1. The zero-order valence-electron chi connectivity index (χ0n) is 6.92. The molecule has 0 unspecified atom stereocenters. The predicted molar refractivity (Wildman–Crippen MR) is 40.9 cm³/mol. The Morgan fingerprint density at radius 3 is 2.10 bits per heavy atom. The molecule has 0 aliphatic carbocycles. The third-order valence-electron chi connectivity index (χ3n) is 1.72. The van der Waals surface area contributed by atoms with E-state index >= 15 is 0 Å². The van der Waals surface area contributed by atoms with Gasteiger partial charge in [0.25, 0.3) is 0 Å². The smallest absolute Gasteiger partial charge is 0.306 e. The van der Waals surface area contributed by atoms with Crippen LogP contribution in [0.1, 0.15) is 33.6 Å². The first-order valence-electron chi connectivity index (χ1n) is 3.82. The van der Waals surface area contributed by atoms with Gasteiger partial charge >= 0.3 is 5.97 Å². The number of hydrogen-bond acceptors (Lipinski definition) is 1. The molecule has 0 bridgehead atoms. The van der Waals surface area contributed by atoms with E-state index in [-0.39, 0.29) is 11.8 Å². The van der Waals surface area contributed by atoms with Crippen molar-refractivity contribution in [2.24, 2.45) is 11.8 Å². The molecule has 1 N–H and O–H groups in total. The van der Waals surface area contributed by atoms with Gasteiger partial charge in [-0.05, 0) is 12.3 Å². The van der Waals surface area contributed by atoms with E-state index in [0.717, 1.165) is 12.8 Å². The van der Waals surface area contributed by atoms with Gasteiger partial charge in [0, 0.05) is 0 Å². The molecule has 0 saturated carbocycles. The van der Waals surface area contributed by atoms with Gasteiger partial charge < -0.3 is 5.11 Å². The molecule has 0 saturated heterocycles. The number of carboxylic acid groups (broad SMARTS) is 1. The summed E-state index contributed by atoms with van der Waals surface area (Å²) in [6.07, 6.45) is 1.75. The van der Waals surface area contributed by atoms with Gasteiger partial charge in [-0.15, -0.1) is 0 Å². The average molecular weight is 144 g/mol. The summed E-state index contributed by atoms with van der Waals surface area (Å²) in [5, 5.41) is 8.67. The van der Waals surface area contributed by atoms with Crippen LogP contribution in [0, 0.1) is 11.8 Å². The molecular weight excluding hydrogens is 128 g/mol. The van der Waals surface area contributed by atoms with Crippen LogP contribution in [0.3, 0.4) is 0 Å². The molecule has 0 amide bonds. The van der Waals surface area contributed by atoms with Crippen molar-refractivity contribution in [2.75, 3.05) is 0 Å². The van der Waals surface area contributed by atoms with Gasteiger partial charge in [-0.1, -0.05) is 27.2 Å². The second-order valence-corrected chi connectivity index (χ2v) is 2.98. The Hall–Kier alpha value is -0.530. The lowest BCUT2D eigenvalue weighted by Crippen LogP contribution is -2.19. The number of rotatable bonds is 4. The van der Waals surface area contributed by atoms with Crippen LogP contribution in [0.5, 0.6) is 0 Å². The number of carboxylic acids is 1. The van der Waals surface area contributed by atoms with E-state index in [1.165, 1.54) is 0 Å². The van der Waals surface area contributed by atoms with Crippen LogP contribution in [0.2, 0.25) is 0 Å². The Bertz CT molecular complexity index is 108. The molecule has 0 heterocycles. The first kappa shape index (κ1) is 9.47. The van der Waals surface area contributed by atoms with E-state index in [4.69, 9.17) is 5.11 Å². The lowest BCUT2D eigenvalue weighted by Gasteiger charge is -2.13. The van der Waals surface area contributed by atoms with Crippen molar-refractivity contribution < 1.29 is 9.90 Å². The molecule has 2 heteroatoms. The molecular formula is C8H16O2. The largest absolute Gasteiger partial charge is 0.481 e. The fourth-order valence-corrected chi connectivity index (χ4v) is 1.05. The predicted octanol–water partition coefficient (Wildman–Crippen LogP) is 2.14. The molecule has 0 aromatic rings. The molecule has 0 spiro atoms. The highest BCUT2D eigenvalue weighted by Crippen LogP contribution is 2.16. The average Bonchev–Trinajstić information content (AvgIpc) is 1.81. The molecule has 0 aliphatic heterocycles. The SMILES string of the molecule is CCC[C@H](C(=O)O)C(C)C. The van der Waals surface area contributed by atoms with E-state index < -0.39 is 5.97 Å². The summed E-state index contributed by atoms with van der Waals surface area (Å²) < 4.78 is 0. The molecule has 0 aromatic heterocycles. The fraction of sp³-hybridized carbons (Fsp3) is 0.875. The van der Waals surface area contributed by atoms with Crippen molar-refractivity contribution in [3.63, 3.8) is 0 Å². The van der Waals surface area contributed by atoms with E-state index in [9.17, 15) is 4.79 Å². The van der Waals surface area contributed by atoms with Crippen LogP contribution in [-0.4, -0.2) is 11.1 Å². The van der Waals surface area contributed by atoms with Gasteiger partial charge in [0.05, 0.1) is 5.92 Å². The lowest BCUT2D eigenvalue weighted by atomic mass is 9.92. The van der Waals surface area contributed by atoms with Crippen molar-refractivity contribution in [3.05, 3.63) is 0 Å². The van der Waals surface area contributed by atoms with Crippen LogP contribution in [0.15, 0.2) is 0 Å². The summed E-state index contributed by atoms with van der Waals surface area (Å²) in [6.45, 7) is 5.92. The third kappa shape index (κ3) is 2.85. The molecule has 1 atom stereocenters. The fourth-order valence-electron chi connectivity index (χ4n) is 1.05. The number of aliphatic carboxylic acids is 1. The van der Waals surface area contributed by atoms with Gasteiger partial charge in [-0.25, -0.2) is 0 Å². The van der Waals surface area contributed by atoms with Gasteiger partial charge in [0.15, 0.2) is 0 Å². The maximum atomic E-state index is 10.5. The maximum absolute atomic E-state index is 10.5. The van der Waals surface area contributed by atoms with Crippen molar-refractivity contribution in [2.45, 2.75) is 33.6 Å². The summed E-state index contributed by atoms with van der Waals surface area (Å²) in [5.74, 6) is -0.542. The zero-order valence-corrected chi connectivity index (χ0v) is 6.92. The van der Waals surface area contributed by atoms with Crippen LogP contribution >= 0.6 is 0 Å². The lowest BCUT2D eigenvalue weighted by molar-refractivity contribution is -0.143. The first-order valence-corrected chi connectivity index (χ1v) is 3.82. The summed E-state index contributed by atoms with van der Waals surface area (Å²) in [4.78, 5) is 10.5. The molecule has 2 nitrogen and oxygen atoms in total. The van der Waals surface area contributed by atoms with Crippen molar-refractivity contribution in [1.29, 1.82) is 0 Å². The third-order valence-corrected chi connectivity index (χ3v) is 1.72. The molecule has 0 fully saturated rings. The second-order valence-electron chi connectivity index (χ2n) is 2.98.